The quantitative estimate of drug-likeness (QED) is 0.567. The predicted molar refractivity (Wildman–Crippen MR) is 56.1 cm³/mol. The molecule has 17 heavy (non-hydrogen) atoms. The molecule has 1 aromatic heterocycles. The van der Waals surface area contributed by atoms with E-state index in [2.05, 4.69) is 4.98 Å². The van der Waals surface area contributed by atoms with E-state index in [0.29, 0.717) is 0 Å². The van der Waals surface area contributed by atoms with E-state index in [1.807, 2.05) is 0 Å². The fraction of sp³-hybridized carbons (Fsp3) is 0.600. The van der Waals surface area contributed by atoms with Crippen LogP contribution in [0.5, 0.6) is 0 Å². The second kappa shape index (κ2) is 4.19. The summed E-state index contributed by atoms with van der Waals surface area (Å²) in [7, 11) is 0. The summed E-state index contributed by atoms with van der Waals surface area (Å²) < 4.78 is 6.44. The first kappa shape index (κ1) is 12.2. The molecule has 2 rings (SSSR count). The average Bonchev–Trinajstić information content (AvgIpc) is 2.56. The summed E-state index contributed by atoms with van der Waals surface area (Å²) in [5, 5.41) is 28.7. The number of aromatic nitrogens is 2. The molecule has 0 bridgehead atoms. The molecule has 4 atom stereocenters. The van der Waals surface area contributed by atoms with E-state index >= 15 is 0 Å². The Morgan fingerprint density at radius 3 is 2.82 bits per heavy atom. The first-order valence-corrected chi connectivity index (χ1v) is 5.17. The zero-order valence-electron chi connectivity index (χ0n) is 9.22. The number of nitrogens with zero attached hydrogens (tertiary/aromatic N) is 2. The van der Waals surface area contributed by atoms with Crippen molar-refractivity contribution in [2.45, 2.75) is 31.0 Å². The van der Waals surface area contributed by atoms with Crippen LogP contribution in [0.1, 0.15) is 13.2 Å². The summed E-state index contributed by atoms with van der Waals surface area (Å²) in [6.45, 7) is 0.999. The molecule has 1 aliphatic rings. The van der Waals surface area contributed by atoms with Crippen molar-refractivity contribution < 1.29 is 20.1 Å². The third-order valence-electron chi connectivity index (χ3n) is 2.96. The van der Waals surface area contributed by atoms with Gasteiger partial charge in [-0.3, -0.25) is 4.57 Å². The van der Waals surface area contributed by atoms with Gasteiger partial charge in [-0.2, -0.15) is 0 Å². The van der Waals surface area contributed by atoms with Crippen molar-refractivity contribution >= 4 is 0 Å². The first-order chi connectivity index (χ1) is 7.99. The Balaban J connectivity index is 2.37. The smallest absolute Gasteiger partial charge is 0.349 e. The van der Waals surface area contributed by atoms with Crippen LogP contribution in [-0.2, 0) is 4.74 Å². The van der Waals surface area contributed by atoms with Crippen LogP contribution in [0.3, 0.4) is 0 Å². The lowest BCUT2D eigenvalue weighted by atomic mass is 9.99. The van der Waals surface area contributed by atoms with Gasteiger partial charge >= 0.3 is 5.69 Å². The Bertz CT molecular complexity index is 462. The van der Waals surface area contributed by atoms with Crippen molar-refractivity contribution in [1.82, 2.24) is 9.55 Å². The summed E-state index contributed by atoms with van der Waals surface area (Å²) >= 11 is 0. The lowest BCUT2D eigenvalue weighted by molar-refractivity contribution is -0.117. The molecule has 0 aliphatic carbocycles. The van der Waals surface area contributed by atoms with Crippen LogP contribution in [0.15, 0.2) is 23.3 Å². The molecule has 1 aromatic rings. The molecule has 0 aromatic carbocycles. The van der Waals surface area contributed by atoms with Crippen molar-refractivity contribution in [3.8, 4) is 0 Å². The van der Waals surface area contributed by atoms with Crippen LogP contribution < -0.4 is 5.69 Å². The molecular formula is C10H14N2O5. The summed E-state index contributed by atoms with van der Waals surface area (Å²) in [4.78, 5) is 15.0. The Kier molecular flexibility index (Phi) is 3.00. The summed E-state index contributed by atoms with van der Waals surface area (Å²) in [6, 6.07) is 1.51. The molecule has 7 nitrogen and oxygen atoms in total. The van der Waals surface area contributed by atoms with Crippen LogP contribution in [0.4, 0.5) is 0 Å². The minimum Gasteiger partial charge on any atom is -0.393 e. The van der Waals surface area contributed by atoms with Gasteiger partial charge in [0, 0.05) is 12.4 Å². The molecule has 3 unspecified atom stereocenters. The fourth-order valence-corrected chi connectivity index (χ4v) is 1.85. The van der Waals surface area contributed by atoms with Gasteiger partial charge in [-0.15, -0.1) is 0 Å². The number of hydrogen-bond donors (Lipinski definition) is 3. The normalized spacial score (nSPS) is 37.3. The molecule has 0 spiro atoms. The molecule has 0 radical (unpaired) electrons. The number of aliphatic hydroxyl groups excluding tert-OH is 3. The number of hydrogen-bond acceptors (Lipinski definition) is 6. The minimum absolute atomic E-state index is 0.462. The molecular weight excluding hydrogens is 228 g/mol. The van der Waals surface area contributed by atoms with E-state index in [-0.39, 0.29) is 0 Å². The maximum absolute atomic E-state index is 11.5. The SMILES string of the molecule is C[C@@]1(CO)OC(n2cccnc2=O)C(O)C1O. The van der Waals surface area contributed by atoms with Crippen LogP contribution in [-0.4, -0.2) is 49.3 Å². The lowest BCUT2D eigenvalue weighted by Gasteiger charge is -2.24. The largest absolute Gasteiger partial charge is 0.393 e. The molecule has 1 saturated heterocycles. The second-order valence-electron chi connectivity index (χ2n) is 4.22. The molecule has 1 fully saturated rings. The zero-order chi connectivity index (χ0) is 12.6. The highest BCUT2D eigenvalue weighted by atomic mass is 16.6. The van der Waals surface area contributed by atoms with Crippen LogP contribution >= 0.6 is 0 Å². The van der Waals surface area contributed by atoms with Gasteiger partial charge in [0.25, 0.3) is 0 Å². The Labute approximate surface area is 96.9 Å². The Morgan fingerprint density at radius 1 is 1.59 bits per heavy atom. The van der Waals surface area contributed by atoms with Crippen LogP contribution in [0.25, 0.3) is 0 Å². The molecule has 0 amide bonds. The molecule has 7 heteroatoms. The third kappa shape index (κ3) is 1.87. The first-order valence-electron chi connectivity index (χ1n) is 5.17. The van der Waals surface area contributed by atoms with Gasteiger partial charge in [-0.05, 0) is 13.0 Å². The monoisotopic (exact) mass is 242 g/mol. The highest BCUT2D eigenvalue weighted by Crippen LogP contribution is 2.35. The summed E-state index contributed by atoms with van der Waals surface area (Å²) in [6.07, 6.45) is -0.900. The van der Waals surface area contributed by atoms with E-state index in [1.165, 1.54) is 25.4 Å². The van der Waals surface area contributed by atoms with E-state index in [4.69, 9.17) is 9.84 Å². The summed E-state index contributed by atoms with van der Waals surface area (Å²) in [5.74, 6) is 0. The van der Waals surface area contributed by atoms with Gasteiger partial charge < -0.3 is 20.1 Å². The van der Waals surface area contributed by atoms with Gasteiger partial charge in [0.05, 0.1) is 6.61 Å². The molecule has 1 aliphatic heterocycles. The highest BCUT2D eigenvalue weighted by molar-refractivity contribution is 4.99. The zero-order valence-corrected chi connectivity index (χ0v) is 9.22. The van der Waals surface area contributed by atoms with Gasteiger partial charge in [0.2, 0.25) is 0 Å². The maximum atomic E-state index is 11.5. The maximum Gasteiger partial charge on any atom is 0.349 e. The van der Waals surface area contributed by atoms with Crippen LogP contribution in [0.2, 0.25) is 0 Å². The van der Waals surface area contributed by atoms with E-state index in [0.717, 1.165) is 4.57 Å². The Morgan fingerprint density at radius 2 is 2.29 bits per heavy atom. The molecule has 0 saturated carbocycles. The standard InChI is InChI=1S/C10H14N2O5/c1-10(5-13)7(15)6(14)8(17-10)12-4-2-3-11-9(12)16/h2-4,6-8,13-15H,5H2,1H3/t6?,7?,8?,10-/m0/s1. The van der Waals surface area contributed by atoms with Gasteiger partial charge in [-0.25, -0.2) is 9.78 Å². The van der Waals surface area contributed by atoms with E-state index < -0.39 is 36.3 Å². The van der Waals surface area contributed by atoms with Gasteiger partial charge in [-0.1, -0.05) is 0 Å². The highest BCUT2D eigenvalue weighted by Gasteiger charge is 2.51. The molecule has 2 heterocycles. The van der Waals surface area contributed by atoms with Crippen LogP contribution in [0, 0.1) is 0 Å². The topological polar surface area (TPSA) is 105 Å². The van der Waals surface area contributed by atoms with Crippen molar-refractivity contribution in [2.24, 2.45) is 0 Å². The average molecular weight is 242 g/mol. The minimum atomic E-state index is -1.30. The number of aliphatic hydroxyl groups is 3. The molecule has 3 N–H and O–H groups in total. The van der Waals surface area contributed by atoms with Gasteiger partial charge in [0.15, 0.2) is 6.23 Å². The van der Waals surface area contributed by atoms with Crippen molar-refractivity contribution in [1.29, 1.82) is 0 Å². The second-order valence-corrected chi connectivity index (χ2v) is 4.22. The molecule has 94 valence electrons. The predicted octanol–water partition coefficient (Wildman–Crippen LogP) is -1.76. The fourth-order valence-electron chi connectivity index (χ4n) is 1.85. The van der Waals surface area contributed by atoms with E-state index in [1.54, 1.807) is 0 Å². The van der Waals surface area contributed by atoms with Crippen molar-refractivity contribution in [2.75, 3.05) is 6.61 Å². The lowest BCUT2D eigenvalue weighted by Crippen LogP contribution is -2.43. The van der Waals surface area contributed by atoms with Crippen molar-refractivity contribution in [3.05, 3.63) is 28.9 Å². The third-order valence-corrected chi connectivity index (χ3v) is 2.96. The van der Waals surface area contributed by atoms with E-state index in [9.17, 15) is 15.0 Å². The summed E-state index contributed by atoms with van der Waals surface area (Å²) in [5.41, 5.74) is -1.88. The Hall–Kier alpha value is -1.28. The number of ether oxygens (including phenoxy) is 1. The number of rotatable bonds is 2. The van der Waals surface area contributed by atoms with Gasteiger partial charge in [0.1, 0.15) is 17.8 Å². The van der Waals surface area contributed by atoms with Crippen molar-refractivity contribution in [3.63, 3.8) is 0 Å².